The van der Waals surface area contributed by atoms with E-state index in [2.05, 4.69) is 19.2 Å². The molecule has 0 aromatic carbocycles. The summed E-state index contributed by atoms with van der Waals surface area (Å²) in [6.07, 6.45) is 4.18. The van der Waals surface area contributed by atoms with Crippen molar-refractivity contribution < 1.29 is 9.59 Å². The molecule has 1 aliphatic heterocycles. The Labute approximate surface area is 122 Å². The van der Waals surface area contributed by atoms with Gasteiger partial charge < -0.3 is 16.0 Å². The van der Waals surface area contributed by atoms with Crippen molar-refractivity contribution in [1.29, 1.82) is 0 Å². The van der Waals surface area contributed by atoms with Gasteiger partial charge in [0.2, 0.25) is 11.8 Å². The van der Waals surface area contributed by atoms with E-state index in [0.717, 1.165) is 25.7 Å². The molecule has 3 N–H and O–H groups in total. The van der Waals surface area contributed by atoms with Gasteiger partial charge >= 0.3 is 0 Å². The van der Waals surface area contributed by atoms with Gasteiger partial charge in [-0.25, -0.2) is 0 Å². The molecule has 5 heteroatoms. The maximum absolute atomic E-state index is 12.5. The maximum atomic E-state index is 12.5. The van der Waals surface area contributed by atoms with Crippen LogP contribution in [0.3, 0.4) is 0 Å². The molecule has 5 nitrogen and oxygen atoms in total. The molecule has 0 spiro atoms. The van der Waals surface area contributed by atoms with Gasteiger partial charge in [0.25, 0.3) is 0 Å². The van der Waals surface area contributed by atoms with E-state index < -0.39 is 0 Å². The van der Waals surface area contributed by atoms with E-state index in [1.165, 1.54) is 0 Å². The van der Waals surface area contributed by atoms with Crippen LogP contribution in [-0.2, 0) is 9.59 Å². The Bertz CT molecular complexity index is 331. The smallest absolute Gasteiger partial charge is 0.242 e. The zero-order chi connectivity index (χ0) is 15.1. The third-order valence-corrected chi connectivity index (χ3v) is 3.97. The molecule has 1 rings (SSSR count). The Hall–Kier alpha value is -1.10. The molecule has 1 unspecified atom stereocenters. The highest BCUT2D eigenvalue weighted by atomic mass is 16.2. The van der Waals surface area contributed by atoms with E-state index in [1.54, 1.807) is 11.9 Å². The maximum Gasteiger partial charge on any atom is 0.242 e. The van der Waals surface area contributed by atoms with Crippen molar-refractivity contribution in [1.82, 2.24) is 10.2 Å². The highest BCUT2D eigenvalue weighted by Gasteiger charge is 2.32. The first kappa shape index (κ1) is 17.0. The second-order valence-electron chi connectivity index (χ2n) is 6.15. The SMILES string of the molecule is CNC(=O)C1CCCCN1C(=O)C[C@@H](CN)CC(C)C. The van der Waals surface area contributed by atoms with Crippen molar-refractivity contribution in [2.75, 3.05) is 20.1 Å². The van der Waals surface area contributed by atoms with Crippen molar-refractivity contribution in [3.63, 3.8) is 0 Å². The van der Waals surface area contributed by atoms with Crippen LogP contribution in [-0.4, -0.2) is 42.9 Å². The summed E-state index contributed by atoms with van der Waals surface area (Å²) < 4.78 is 0. The van der Waals surface area contributed by atoms with Gasteiger partial charge in [0.15, 0.2) is 0 Å². The monoisotopic (exact) mass is 283 g/mol. The van der Waals surface area contributed by atoms with Crippen LogP contribution >= 0.6 is 0 Å². The quantitative estimate of drug-likeness (QED) is 0.767. The third-order valence-electron chi connectivity index (χ3n) is 3.97. The molecule has 1 fully saturated rings. The molecule has 0 bridgehead atoms. The minimum Gasteiger partial charge on any atom is -0.357 e. The van der Waals surface area contributed by atoms with Crippen molar-refractivity contribution in [2.45, 2.75) is 52.0 Å². The number of hydrogen-bond donors (Lipinski definition) is 2. The minimum atomic E-state index is -0.293. The number of nitrogens with zero attached hydrogens (tertiary/aromatic N) is 1. The van der Waals surface area contributed by atoms with E-state index in [9.17, 15) is 9.59 Å². The molecule has 0 aromatic heterocycles. The summed E-state index contributed by atoms with van der Waals surface area (Å²) in [7, 11) is 1.63. The Balaban J connectivity index is 2.64. The number of nitrogens with two attached hydrogens (primary N) is 1. The zero-order valence-electron chi connectivity index (χ0n) is 13.0. The first-order chi connectivity index (χ1) is 9.49. The summed E-state index contributed by atoms with van der Waals surface area (Å²) in [5.74, 6) is 0.780. The molecule has 1 aliphatic rings. The molecule has 0 aromatic rings. The second kappa shape index (κ2) is 8.25. The van der Waals surface area contributed by atoms with Crippen LogP contribution in [0.4, 0.5) is 0 Å². The Morgan fingerprint density at radius 1 is 1.35 bits per heavy atom. The summed E-state index contributed by atoms with van der Waals surface area (Å²) >= 11 is 0. The van der Waals surface area contributed by atoms with E-state index in [0.29, 0.717) is 25.4 Å². The Morgan fingerprint density at radius 3 is 2.60 bits per heavy atom. The predicted octanol–water partition coefficient (Wildman–Crippen LogP) is 1.12. The highest BCUT2D eigenvalue weighted by Crippen LogP contribution is 2.21. The standard InChI is InChI=1S/C15H29N3O2/c1-11(2)8-12(10-16)9-14(19)18-7-5-4-6-13(18)15(20)17-3/h11-13H,4-10,16H2,1-3H3,(H,17,20)/t12-,13?/m0/s1. The average molecular weight is 283 g/mol. The number of likely N-dealkylation sites (tertiary alicyclic amines) is 1. The van der Waals surface area contributed by atoms with Crippen LogP contribution in [0.15, 0.2) is 0 Å². The number of likely N-dealkylation sites (N-methyl/N-ethyl adjacent to an activating group) is 1. The van der Waals surface area contributed by atoms with Crippen molar-refractivity contribution >= 4 is 11.8 Å². The lowest BCUT2D eigenvalue weighted by molar-refractivity contribution is -0.142. The summed E-state index contributed by atoms with van der Waals surface area (Å²) in [6.45, 7) is 5.50. The zero-order valence-corrected chi connectivity index (χ0v) is 13.0. The molecular weight excluding hydrogens is 254 g/mol. The molecule has 1 heterocycles. The molecule has 2 amide bonds. The fraction of sp³-hybridized carbons (Fsp3) is 0.867. The van der Waals surface area contributed by atoms with E-state index >= 15 is 0 Å². The topological polar surface area (TPSA) is 75.4 Å². The van der Waals surface area contributed by atoms with Crippen molar-refractivity contribution in [3.05, 3.63) is 0 Å². The number of amides is 2. The highest BCUT2D eigenvalue weighted by molar-refractivity contribution is 5.87. The van der Waals surface area contributed by atoms with Crippen LogP contribution in [0.2, 0.25) is 0 Å². The predicted molar refractivity (Wildman–Crippen MR) is 80.0 cm³/mol. The van der Waals surface area contributed by atoms with Gasteiger partial charge in [0, 0.05) is 20.0 Å². The first-order valence-corrected chi connectivity index (χ1v) is 7.70. The van der Waals surface area contributed by atoms with Crippen LogP contribution < -0.4 is 11.1 Å². The molecule has 0 radical (unpaired) electrons. The van der Waals surface area contributed by atoms with Gasteiger partial charge in [-0.2, -0.15) is 0 Å². The molecule has 20 heavy (non-hydrogen) atoms. The van der Waals surface area contributed by atoms with E-state index in [-0.39, 0.29) is 23.8 Å². The van der Waals surface area contributed by atoms with E-state index in [1.807, 2.05) is 0 Å². The molecule has 1 saturated heterocycles. The number of piperidine rings is 1. The molecule has 0 saturated carbocycles. The normalized spacial score (nSPS) is 20.9. The van der Waals surface area contributed by atoms with Gasteiger partial charge in [-0.05, 0) is 44.1 Å². The van der Waals surface area contributed by atoms with Gasteiger partial charge in [-0.15, -0.1) is 0 Å². The number of nitrogens with one attached hydrogen (secondary N) is 1. The van der Waals surface area contributed by atoms with Gasteiger partial charge in [-0.3, -0.25) is 9.59 Å². The molecule has 116 valence electrons. The summed E-state index contributed by atoms with van der Waals surface area (Å²) in [5, 5.41) is 2.66. The lowest BCUT2D eigenvalue weighted by Gasteiger charge is -2.35. The van der Waals surface area contributed by atoms with Gasteiger partial charge in [0.1, 0.15) is 6.04 Å². The largest absolute Gasteiger partial charge is 0.357 e. The molecular formula is C15H29N3O2. The van der Waals surface area contributed by atoms with E-state index in [4.69, 9.17) is 5.73 Å². The van der Waals surface area contributed by atoms with Gasteiger partial charge in [-0.1, -0.05) is 13.8 Å². The first-order valence-electron chi connectivity index (χ1n) is 7.70. The van der Waals surface area contributed by atoms with Gasteiger partial charge in [0.05, 0.1) is 0 Å². The number of rotatable bonds is 6. The fourth-order valence-electron chi connectivity index (χ4n) is 2.96. The fourth-order valence-corrected chi connectivity index (χ4v) is 2.96. The minimum absolute atomic E-state index is 0.0498. The van der Waals surface area contributed by atoms with Crippen LogP contribution in [0, 0.1) is 11.8 Å². The second-order valence-corrected chi connectivity index (χ2v) is 6.15. The Morgan fingerprint density at radius 2 is 2.05 bits per heavy atom. The average Bonchev–Trinajstić information content (AvgIpc) is 2.45. The van der Waals surface area contributed by atoms with Crippen LogP contribution in [0.25, 0.3) is 0 Å². The Kier molecular flexibility index (Phi) is 6.99. The summed E-state index contributed by atoms with van der Waals surface area (Å²) in [6, 6.07) is -0.293. The number of carbonyl (C=O) groups excluding carboxylic acids is 2. The van der Waals surface area contributed by atoms with Crippen LogP contribution in [0.1, 0.15) is 46.0 Å². The summed E-state index contributed by atoms with van der Waals surface area (Å²) in [5.41, 5.74) is 5.77. The van der Waals surface area contributed by atoms with Crippen LogP contribution in [0.5, 0.6) is 0 Å². The number of carbonyl (C=O) groups is 2. The lowest BCUT2D eigenvalue weighted by Crippen LogP contribution is -2.51. The number of hydrogen-bond acceptors (Lipinski definition) is 3. The third kappa shape index (κ3) is 4.78. The lowest BCUT2D eigenvalue weighted by atomic mass is 9.92. The van der Waals surface area contributed by atoms with Crippen molar-refractivity contribution in [2.24, 2.45) is 17.6 Å². The molecule has 0 aliphatic carbocycles. The molecule has 2 atom stereocenters. The summed E-state index contributed by atoms with van der Waals surface area (Å²) in [4.78, 5) is 26.1. The van der Waals surface area contributed by atoms with Crippen molar-refractivity contribution in [3.8, 4) is 0 Å².